The Labute approximate surface area is 159 Å². The van der Waals surface area contributed by atoms with Gasteiger partial charge in [-0.25, -0.2) is 22.0 Å². The molecule has 28 heavy (non-hydrogen) atoms. The minimum absolute atomic E-state index is 0.176. The van der Waals surface area contributed by atoms with Crippen LogP contribution >= 0.6 is 0 Å². The Kier molecular flexibility index (Phi) is 6.09. The van der Waals surface area contributed by atoms with Crippen LogP contribution in [0.1, 0.15) is 11.1 Å². The van der Waals surface area contributed by atoms with Crippen LogP contribution in [0.25, 0.3) is 0 Å². The molecule has 0 bridgehead atoms. The summed E-state index contributed by atoms with van der Waals surface area (Å²) in [6.45, 7) is -0.768. The summed E-state index contributed by atoms with van der Waals surface area (Å²) in [6.07, 6.45) is -5.76. The molecule has 0 spiro atoms. The molecule has 0 unspecified atom stereocenters. The van der Waals surface area contributed by atoms with E-state index < -0.39 is 60.0 Å². The number of methoxy groups -OCH3 is 1. The highest BCUT2D eigenvalue weighted by molar-refractivity contribution is 7.91. The zero-order chi connectivity index (χ0) is 21.3. The van der Waals surface area contributed by atoms with Crippen molar-refractivity contribution in [1.82, 2.24) is 0 Å². The molecule has 0 aliphatic heterocycles. The molecular weight excluding hydrogens is 423 g/mol. The Morgan fingerprint density at radius 3 is 2.21 bits per heavy atom. The van der Waals surface area contributed by atoms with Crippen LogP contribution < -0.4 is 9.88 Å². The first-order valence-corrected chi connectivity index (χ1v) is 10.6. The molecule has 2 aromatic carbocycles. The molecule has 0 aliphatic carbocycles. The lowest BCUT2D eigenvalue weighted by atomic mass is 10.0. The number of nitrogens with two attached hydrogens (primary N) is 1. The fourth-order valence-corrected chi connectivity index (χ4v) is 4.84. The quantitative estimate of drug-likeness (QED) is 0.707. The van der Waals surface area contributed by atoms with Gasteiger partial charge in [-0.15, -0.1) is 0 Å². The van der Waals surface area contributed by atoms with Crippen molar-refractivity contribution in [2.75, 3.05) is 13.7 Å². The molecular formula is C16H16F3NO6S2. The van der Waals surface area contributed by atoms with E-state index in [4.69, 9.17) is 15.0 Å². The first-order chi connectivity index (χ1) is 12.8. The number of alkyl halides is 3. The standard InChI is InChI=1S/C16H16F3NO6S2/c1-26-11-3-2-4-12(8-11)27(22,23)13-7-10(5-6-21)15(16(17,18)19)14(9-13)28(20,24)25/h2-4,7-9,21H,5-6H2,1H3,(H2,20,24,25). The van der Waals surface area contributed by atoms with E-state index in [1.165, 1.54) is 25.3 Å². The monoisotopic (exact) mass is 439 g/mol. The van der Waals surface area contributed by atoms with Crippen molar-refractivity contribution < 1.29 is 39.9 Å². The first-order valence-electron chi connectivity index (χ1n) is 7.59. The smallest absolute Gasteiger partial charge is 0.417 e. The number of rotatable bonds is 6. The van der Waals surface area contributed by atoms with Crippen molar-refractivity contribution in [3.8, 4) is 5.75 Å². The van der Waals surface area contributed by atoms with Crippen LogP contribution in [0.3, 0.4) is 0 Å². The van der Waals surface area contributed by atoms with Gasteiger partial charge in [0.1, 0.15) is 5.75 Å². The predicted octanol–water partition coefficient (Wildman–Crippen LogP) is 1.73. The van der Waals surface area contributed by atoms with Crippen molar-refractivity contribution in [2.45, 2.75) is 27.3 Å². The normalized spacial score (nSPS) is 12.8. The molecule has 0 amide bonds. The predicted molar refractivity (Wildman–Crippen MR) is 92.1 cm³/mol. The number of aliphatic hydroxyl groups excluding tert-OH is 1. The summed E-state index contributed by atoms with van der Waals surface area (Å²) in [5.41, 5.74) is -2.31. The number of ether oxygens (including phenoxy) is 1. The second-order valence-electron chi connectivity index (χ2n) is 5.65. The van der Waals surface area contributed by atoms with E-state index in [9.17, 15) is 30.0 Å². The lowest BCUT2D eigenvalue weighted by molar-refractivity contribution is -0.140. The number of sulfonamides is 1. The molecule has 0 aliphatic rings. The molecule has 3 N–H and O–H groups in total. The van der Waals surface area contributed by atoms with Gasteiger partial charge in [-0.3, -0.25) is 0 Å². The minimum Gasteiger partial charge on any atom is -0.497 e. The minimum atomic E-state index is -5.13. The van der Waals surface area contributed by atoms with Gasteiger partial charge < -0.3 is 9.84 Å². The molecule has 0 saturated carbocycles. The van der Waals surface area contributed by atoms with Gasteiger partial charge in [0.2, 0.25) is 19.9 Å². The largest absolute Gasteiger partial charge is 0.497 e. The molecule has 0 atom stereocenters. The number of benzene rings is 2. The highest BCUT2D eigenvalue weighted by Gasteiger charge is 2.40. The van der Waals surface area contributed by atoms with Gasteiger partial charge in [-0.05, 0) is 42.3 Å². The second kappa shape index (κ2) is 7.70. The van der Waals surface area contributed by atoms with E-state index >= 15 is 0 Å². The molecule has 7 nitrogen and oxygen atoms in total. The van der Waals surface area contributed by atoms with E-state index in [0.717, 1.165) is 6.07 Å². The summed E-state index contributed by atoms with van der Waals surface area (Å²) in [7, 11) is -8.04. The summed E-state index contributed by atoms with van der Waals surface area (Å²) in [5.74, 6) is 0.176. The molecule has 0 heterocycles. The zero-order valence-corrected chi connectivity index (χ0v) is 16.0. The summed E-state index contributed by atoms with van der Waals surface area (Å²) in [4.78, 5) is -2.41. The number of halogens is 3. The SMILES string of the molecule is COc1cccc(S(=O)(=O)c2cc(CCO)c(C(F)(F)F)c(S(N)(=O)=O)c2)c1. The van der Waals surface area contributed by atoms with E-state index in [-0.39, 0.29) is 10.6 Å². The average Bonchev–Trinajstić information content (AvgIpc) is 2.59. The van der Waals surface area contributed by atoms with Gasteiger partial charge in [0, 0.05) is 6.61 Å². The summed E-state index contributed by atoms with van der Waals surface area (Å²) in [5, 5.41) is 14.0. The average molecular weight is 439 g/mol. The zero-order valence-electron chi connectivity index (χ0n) is 14.4. The van der Waals surface area contributed by atoms with Gasteiger partial charge in [-0.1, -0.05) is 6.07 Å². The Morgan fingerprint density at radius 1 is 1.07 bits per heavy atom. The Bertz CT molecular complexity index is 1100. The molecule has 154 valence electrons. The Hall–Kier alpha value is -2.15. The molecule has 0 saturated heterocycles. The van der Waals surface area contributed by atoms with E-state index in [1.807, 2.05) is 0 Å². The molecule has 0 radical (unpaired) electrons. The molecule has 0 aromatic heterocycles. The van der Waals surface area contributed by atoms with Crippen molar-refractivity contribution in [2.24, 2.45) is 5.14 Å². The van der Waals surface area contributed by atoms with Crippen LogP contribution in [0.5, 0.6) is 5.75 Å². The molecule has 2 aromatic rings. The molecule has 12 heteroatoms. The van der Waals surface area contributed by atoms with Crippen LogP contribution in [0.4, 0.5) is 13.2 Å². The van der Waals surface area contributed by atoms with Gasteiger partial charge in [-0.2, -0.15) is 13.2 Å². The number of aliphatic hydroxyl groups is 1. The summed E-state index contributed by atoms with van der Waals surface area (Å²) in [6, 6.07) is 6.17. The lowest BCUT2D eigenvalue weighted by Gasteiger charge is -2.18. The first kappa shape index (κ1) is 22.1. The fraction of sp³-hybridized carbons (Fsp3) is 0.250. The van der Waals surface area contributed by atoms with Crippen LogP contribution in [0.15, 0.2) is 51.1 Å². The maximum atomic E-state index is 13.4. The highest BCUT2D eigenvalue weighted by Crippen LogP contribution is 2.39. The second-order valence-corrected chi connectivity index (χ2v) is 9.13. The van der Waals surface area contributed by atoms with Gasteiger partial charge in [0.05, 0.1) is 27.4 Å². The third kappa shape index (κ3) is 4.46. The fourth-order valence-electron chi connectivity index (χ4n) is 2.57. The van der Waals surface area contributed by atoms with Crippen molar-refractivity contribution in [3.05, 3.63) is 47.5 Å². The van der Waals surface area contributed by atoms with Gasteiger partial charge >= 0.3 is 6.18 Å². The number of hydrogen-bond acceptors (Lipinski definition) is 6. The third-order valence-corrected chi connectivity index (χ3v) is 6.46. The third-order valence-electron chi connectivity index (χ3n) is 3.79. The van der Waals surface area contributed by atoms with E-state index in [0.29, 0.717) is 12.1 Å². The molecule has 0 fully saturated rings. The van der Waals surface area contributed by atoms with Crippen molar-refractivity contribution >= 4 is 19.9 Å². The summed E-state index contributed by atoms with van der Waals surface area (Å²) >= 11 is 0. The van der Waals surface area contributed by atoms with Crippen LogP contribution in [-0.4, -0.2) is 35.7 Å². The number of primary sulfonamides is 1. The van der Waals surface area contributed by atoms with Crippen molar-refractivity contribution in [1.29, 1.82) is 0 Å². The Morgan fingerprint density at radius 2 is 1.71 bits per heavy atom. The molecule has 2 rings (SSSR count). The maximum absolute atomic E-state index is 13.4. The van der Waals surface area contributed by atoms with E-state index in [2.05, 4.69) is 0 Å². The maximum Gasteiger partial charge on any atom is 0.417 e. The summed E-state index contributed by atoms with van der Waals surface area (Å²) < 4.78 is 94.5. The Balaban J connectivity index is 2.87. The van der Waals surface area contributed by atoms with Crippen LogP contribution in [-0.2, 0) is 32.5 Å². The number of hydrogen-bond donors (Lipinski definition) is 2. The highest BCUT2D eigenvalue weighted by atomic mass is 32.2. The van der Waals surface area contributed by atoms with Crippen LogP contribution in [0.2, 0.25) is 0 Å². The number of sulfone groups is 1. The van der Waals surface area contributed by atoms with Gasteiger partial charge in [0.25, 0.3) is 0 Å². The van der Waals surface area contributed by atoms with Gasteiger partial charge in [0.15, 0.2) is 0 Å². The van der Waals surface area contributed by atoms with Crippen LogP contribution in [0, 0.1) is 0 Å². The van der Waals surface area contributed by atoms with E-state index in [1.54, 1.807) is 0 Å². The topological polar surface area (TPSA) is 124 Å². The van der Waals surface area contributed by atoms with Crippen molar-refractivity contribution in [3.63, 3.8) is 0 Å². The lowest BCUT2D eigenvalue weighted by Crippen LogP contribution is -2.22.